The van der Waals surface area contributed by atoms with Gasteiger partial charge in [0, 0.05) is 6.92 Å². The van der Waals surface area contributed by atoms with Crippen molar-refractivity contribution in [3.05, 3.63) is 131 Å². The maximum atomic E-state index is 11.3. The number of hydrogen-bond acceptors (Lipinski definition) is 3. The summed E-state index contributed by atoms with van der Waals surface area (Å²) in [6, 6.07) is 35.0. The summed E-state index contributed by atoms with van der Waals surface area (Å²) in [6.45, 7) is 1.97. The lowest BCUT2D eigenvalue weighted by molar-refractivity contribution is -0.131. The van der Waals surface area contributed by atoms with Crippen molar-refractivity contribution in [3.63, 3.8) is 0 Å². The average molecular weight is 447 g/mol. The smallest absolute Gasteiger partial charge is 0.308 e. The SMILES string of the molecule is CC(=O)Oc1ccc(C2=C(c3ccccc3)CCc3cc(OCc4ccccc4)ccc32)cc1. The van der Waals surface area contributed by atoms with Crippen LogP contribution in [0.25, 0.3) is 11.1 Å². The van der Waals surface area contributed by atoms with Gasteiger partial charge in [-0.15, -0.1) is 0 Å². The van der Waals surface area contributed by atoms with Crippen molar-refractivity contribution in [2.45, 2.75) is 26.4 Å². The molecule has 1 aliphatic rings. The van der Waals surface area contributed by atoms with Gasteiger partial charge in [-0.1, -0.05) is 78.9 Å². The van der Waals surface area contributed by atoms with Gasteiger partial charge in [-0.05, 0) is 76.1 Å². The number of carbonyl (C=O) groups excluding carboxylic acids is 1. The van der Waals surface area contributed by atoms with Crippen molar-refractivity contribution >= 4 is 17.1 Å². The number of hydrogen-bond donors (Lipinski definition) is 0. The van der Waals surface area contributed by atoms with E-state index < -0.39 is 0 Å². The van der Waals surface area contributed by atoms with Crippen LogP contribution >= 0.6 is 0 Å². The zero-order chi connectivity index (χ0) is 23.3. The van der Waals surface area contributed by atoms with Crippen molar-refractivity contribution in [3.8, 4) is 11.5 Å². The Labute approximate surface area is 200 Å². The molecule has 0 atom stereocenters. The van der Waals surface area contributed by atoms with Crippen LogP contribution < -0.4 is 9.47 Å². The minimum absolute atomic E-state index is 0.317. The van der Waals surface area contributed by atoms with E-state index >= 15 is 0 Å². The standard InChI is InChI=1S/C31H26O3/c1-22(32)34-27-15-12-25(13-16-27)31-29(24-10-6-3-7-11-24)18-14-26-20-28(17-19-30(26)31)33-21-23-8-4-2-5-9-23/h2-13,15-17,19-20H,14,18,21H2,1H3. The molecule has 1 aliphatic carbocycles. The Hall–Kier alpha value is -4.11. The normalized spacial score (nSPS) is 12.7. The highest BCUT2D eigenvalue weighted by Crippen LogP contribution is 2.42. The van der Waals surface area contributed by atoms with Gasteiger partial charge in [-0.3, -0.25) is 4.79 Å². The van der Waals surface area contributed by atoms with Crippen LogP contribution in [0.2, 0.25) is 0 Å². The third-order valence-electron chi connectivity index (χ3n) is 6.07. The Bertz CT molecular complexity index is 1320. The fourth-order valence-electron chi connectivity index (χ4n) is 4.51. The molecule has 0 fully saturated rings. The van der Waals surface area contributed by atoms with Gasteiger partial charge in [-0.2, -0.15) is 0 Å². The maximum absolute atomic E-state index is 11.3. The Balaban J connectivity index is 1.52. The van der Waals surface area contributed by atoms with Gasteiger partial charge in [0.05, 0.1) is 0 Å². The largest absolute Gasteiger partial charge is 0.489 e. The van der Waals surface area contributed by atoms with Crippen LogP contribution in [0, 0.1) is 0 Å². The predicted octanol–water partition coefficient (Wildman–Crippen LogP) is 7.10. The minimum Gasteiger partial charge on any atom is -0.489 e. The Morgan fingerprint density at radius 1 is 0.735 bits per heavy atom. The van der Waals surface area contributed by atoms with E-state index in [4.69, 9.17) is 9.47 Å². The second-order valence-electron chi connectivity index (χ2n) is 8.43. The molecule has 0 aliphatic heterocycles. The topological polar surface area (TPSA) is 35.5 Å². The highest BCUT2D eigenvalue weighted by Gasteiger charge is 2.22. The molecule has 168 valence electrons. The highest BCUT2D eigenvalue weighted by molar-refractivity contribution is 6.00. The van der Waals surface area contributed by atoms with E-state index in [1.165, 1.54) is 34.8 Å². The van der Waals surface area contributed by atoms with Crippen molar-refractivity contribution in [1.82, 2.24) is 0 Å². The van der Waals surface area contributed by atoms with E-state index in [0.717, 1.165) is 29.7 Å². The molecule has 34 heavy (non-hydrogen) atoms. The van der Waals surface area contributed by atoms with Crippen LogP contribution in [-0.2, 0) is 17.8 Å². The van der Waals surface area contributed by atoms with Crippen LogP contribution in [0.4, 0.5) is 0 Å². The molecular weight excluding hydrogens is 420 g/mol. The Morgan fingerprint density at radius 2 is 1.41 bits per heavy atom. The number of aryl methyl sites for hydroxylation is 1. The summed E-state index contributed by atoms with van der Waals surface area (Å²) in [5, 5.41) is 0. The van der Waals surface area contributed by atoms with E-state index in [9.17, 15) is 4.79 Å². The molecule has 0 saturated carbocycles. The second-order valence-corrected chi connectivity index (χ2v) is 8.43. The molecule has 0 radical (unpaired) electrons. The van der Waals surface area contributed by atoms with E-state index in [-0.39, 0.29) is 5.97 Å². The quantitative estimate of drug-likeness (QED) is 0.234. The van der Waals surface area contributed by atoms with Gasteiger partial charge in [0.1, 0.15) is 18.1 Å². The van der Waals surface area contributed by atoms with Gasteiger partial charge in [0.2, 0.25) is 0 Å². The predicted molar refractivity (Wildman–Crippen MR) is 136 cm³/mol. The molecule has 0 aromatic heterocycles. The average Bonchev–Trinajstić information content (AvgIpc) is 2.88. The fourth-order valence-corrected chi connectivity index (χ4v) is 4.51. The van der Waals surface area contributed by atoms with Gasteiger partial charge >= 0.3 is 5.97 Å². The van der Waals surface area contributed by atoms with Crippen LogP contribution in [-0.4, -0.2) is 5.97 Å². The summed E-state index contributed by atoms with van der Waals surface area (Å²) < 4.78 is 11.3. The first-order chi connectivity index (χ1) is 16.7. The van der Waals surface area contributed by atoms with Crippen molar-refractivity contribution in [1.29, 1.82) is 0 Å². The number of rotatable bonds is 6. The number of benzene rings is 4. The third kappa shape index (κ3) is 4.79. The highest BCUT2D eigenvalue weighted by atomic mass is 16.5. The van der Waals surface area contributed by atoms with Crippen LogP contribution in [0.15, 0.2) is 103 Å². The first-order valence-corrected chi connectivity index (χ1v) is 11.5. The summed E-state index contributed by atoms with van der Waals surface area (Å²) >= 11 is 0. The minimum atomic E-state index is -0.317. The van der Waals surface area contributed by atoms with Crippen LogP contribution in [0.3, 0.4) is 0 Å². The van der Waals surface area contributed by atoms with Gasteiger partial charge in [-0.25, -0.2) is 0 Å². The Morgan fingerprint density at radius 3 is 2.12 bits per heavy atom. The molecule has 0 amide bonds. The summed E-state index contributed by atoms with van der Waals surface area (Å²) in [5.41, 5.74) is 8.54. The van der Waals surface area contributed by atoms with Crippen LogP contribution in [0.5, 0.6) is 11.5 Å². The molecular formula is C31H26O3. The van der Waals surface area contributed by atoms with E-state index in [1.807, 2.05) is 48.5 Å². The number of allylic oxidation sites excluding steroid dienone is 1. The molecule has 0 N–H and O–H groups in total. The van der Waals surface area contributed by atoms with Crippen LogP contribution in [0.1, 0.15) is 41.2 Å². The summed E-state index contributed by atoms with van der Waals surface area (Å²) in [4.78, 5) is 11.3. The van der Waals surface area contributed by atoms with E-state index in [2.05, 4.69) is 54.6 Å². The van der Waals surface area contributed by atoms with Gasteiger partial charge < -0.3 is 9.47 Å². The third-order valence-corrected chi connectivity index (χ3v) is 6.07. The monoisotopic (exact) mass is 446 g/mol. The van der Waals surface area contributed by atoms with Crippen molar-refractivity contribution in [2.24, 2.45) is 0 Å². The summed E-state index contributed by atoms with van der Waals surface area (Å²) in [7, 11) is 0. The van der Waals surface area contributed by atoms with E-state index in [0.29, 0.717) is 12.4 Å². The zero-order valence-electron chi connectivity index (χ0n) is 19.2. The molecule has 0 saturated heterocycles. The lowest BCUT2D eigenvalue weighted by Crippen LogP contribution is -2.07. The molecule has 4 aromatic carbocycles. The number of carbonyl (C=O) groups is 1. The van der Waals surface area contributed by atoms with Crippen molar-refractivity contribution in [2.75, 3.05) is 0 Å². The molecule has 4 aromatic rings. The molecule has 5 rings (SSSR count). The summed E-state index contributed by atoms with van der Waals surface area (Å²) in [5.74, 6) is 1.12. The molecule has 0 bridgehead atoms. The van der Waals surface area contributed by atoms with Gasteiger partial charge in [0.15, 0.2) is 0 Å². The molecule has 3 heteroatoms. The lowest BCUT2D eigenvalue weighted by Gasteiger charge is -2.25. The lowest BCUT2D eigenvalue weighted by atomic mass is 9.79. The number of fused-ring (bicyclic) bond motifs is 1. The summed E-state index contributed by atoms with van der Waals surface area (Å²) in [6.07, 6.45) is 1.90. The van der Waals surface area contributed by atoms with Crippen molar-refractivity contribution < 1.29 is 14.3 Å². The maximum Gasteiger partial charge on any atom is 0.308 e. The molecule has 0 spiro atoms. The number of esters is 1. The zero-order valence-corrected chi connectivity index (χ0v) is 19.2. The Kier molecular flexibility index (Phi) is 6.26. The first kappa shape index (κ1) is 21.7. The second kappa shape index (κ2) is 9.80. The van der Waals surface area contributed by atoms with E-state index in [1.54, 1.807) is 0 Å². The number of ether oxygens (including phenoxy) is 2. The molecule has 3 nitrogen and oxygen atoms in total. The fraction of sp³-hybridized carbons (Fsp3) is 0.129. The molecule has 0 heterocycles. The van der Waals surface area contributed by atoms with Gasteiger partial charge in [0.25, 0.3) is 0 Å². The molecule has 0 unspecified atom stereocenters. The first-order valence-electron chi connectivity index (χ1n) is 11.5.